The number of aliphatic imine (C=N–C) groups is 1. The first kappa shape index (κ1) is 19.4. The summed E-state index contributed by atoms with van der Waals surface area (Å²) in [4.78, 5) is 8.30. The van der Waals surface area contributed by atoms with Gasteiger partial charge in [0.2, 0.25) is 0 Å². The molecule has 6 heteroatoms. The van der Waals surface area contributed by atoms with E-state index in [2.05, 4.69) is 39.8 Å². The van der Waals surface area contributed by atoms with E-state index in [1.807, 2.05) is 18.4 Å². The Balaban J connectivity index is 0.00000182. The van der Waals surface area contributed by atoms with Crippen molar-refractivity contribution < 1.29 is 4.74 Å². The third kappa shape index (κ3) is 3.46. The number of fused-ring (bicyclic) bond motifs is 2. The Morgan fingerprint density at radius 3 is 2.92 bits per heavy atom. The Morgan fingerprint density at radius 2 is 2.24 bits per heavy atom. The lowest BCUT2D eigenvalue weighted by molar-refractivity contribution is -0.125. The SMILES string of the molecule is CN=C(NC1C2CCOC2C12CCCC2)N(C)CCc1cccs1.I. The third-order valence-electron chi connectivity index (χ3n) is 6.42. The monoisotopic (exact) mass is 475 g/mol. The van der Waals surface area contributed by atoms with Crippen LogP contribution in [0.1, 0.15) is 37.0 Å². The smallest absolute Gasteiger partial charge is 0.193 e. The highest BCUT2D eigenvalue weighted by molar-refractivity contribution is 14.0. The Labute approximate surface area is 172 Å². The van der Waals surface area contributed by atoms with E-state index in [0.29, 0.717) is 23.5 Å². The van der Waals surface area contributed by atoms with Gasteiger partial charge in [-0.3, -0.25) is 4.99 Å². The van der Waals surface area contributed by atoms with Crippen molar-refractivity contribution in [3.63, 3.8) is 0 Å². The summed E-state index contributed by atoms with van der Waals surface area (Å²) in [5.74, 6) is 1.73. The van der Waals surface area contributed by atoms with Crippen molar-refractivity contribution in [3.8, 4) is 0 Å². The van der Waals surface area contributed by atoms with E-state index in [-0.39, 0.29) is 24.0 Å². The van der Waals surface area contributed by atoms with Gasteiger partial charge in [-0.05, 0) is 37.1 Å². The summed E-state index contributed by atoms with van der Waals surface area (Å²) in [6, 6.07) is 4.90. The van der Waals surface area contributed by atoms with Crippen LogP contribution in [0.4, 0.5) is 0 Å². The molecule has 0 aromatic carbocycles. The molecule has 2 aliphatic carbocycles. The number of nitrogens with zero attached hydrogens (tertiary/aromatic N) is 2. The molecule has 1 aromatic rings. The molecule has 0 radical (unpaired) electrons. The van der Waals surface area contributed by atoms with Gasteiger partial charge in [-0.1, -0.05) is 18.9 Å². The predicted octanol–water partition coefficient (Wildman–Crippen LogP) is 3.76. The van der Waals surface area contributed by atoms with Gasteiger partial charge < -0.3 is 15.0 Å². The van der Waals surface area contributed by atoms with Gasteiger partial charge in [-0.15, -0.1) is 35.3 Å². The molecule has 3 fully saturated rings. The fourth-order valence-electron chi connectivity index (χ4n) is 5.23. The van der Waals surface area contributed by atoms with Crippen molar-refractivity contribution in [2.24, 2.45) is 16.3 Å². The number of guanidine groups is 1. The van der Waals surface area contributed by atoms with E-state index in [4.69, 9.17) is 4.74 Å². The predicted molar refractivity (Wildman–Crippen MR) is 115 cm³/mol. The molecule has 3 unspecified atom stereocenters. The summed E-state index contributed by atoms with van der Waals surface area (Å²) in [5, 5.41) is 5.99. The fourth-order valence-corrected chi connectivity index (χ4v) is 5.93. The van der Waals surface area contributed by atoms with Crippen molar-refractivity contribution in [1.82, 2.24) is 10.2 Å². The van der Waals surface area contributed by atoms with Gasteiger partial charge in [0.05, 0.1) is 6.10 Å². The van der Waals surface area contributed by atoms with Crippen molar-refractivity contribution >= 4 is 41.3 Å². The minimum Gasteiger partial charge on any atom is -0.377 e. The van der Waals surface area contributed by atoms with E-state index in [9.17, 15) is 0 Å². The molecule has 2 saturated carbocycles. The molecule has 25 heavy (non-hydrogen) atoms. The maximum atomic E-state index is 6.10. The molecule has 0 amide bonds. The maximum Gasteiger partial charge on any atom is 0.193 e. The highest BCUT2D eigenvalue weighted by atomic mass is 127. The second kappa shape index (κ2) is 8.13. The van der Waals surface area contributed by atoms with Crippen LogP contribution >= 0.6 is 35.3 Å². The van der Waals surface area contributed by atoms with Gasteiger partial charge >= 0.3 is 0 Å². The molecule has 140 valence electrons. The van der Waals surface area contributed by atoms with Gasteiger partial charge in [-0.2, -0.15) is 0 Å². The zero-order chi connectivity index (χ0) is 16.6. The third-order valence-corrected chi connectivity index (χ3v) is 7.35. The van der Waals surface area contributed by atoms with E-state index in [1.54, 1.807) is 0 Å². The fraction of sp³-hybridized carbons (Fsp3) is 0.737. The van der Waals surface area contributed by atoms with Gasteiger partial charge in [0, 0.05) is 49.5 Å². The Hall–Kier alpha value is -0.340. The summed E-state index contributed by atoms with van der Waals surface area (Å²) in [5.41, 5.74) is 0.381. The van der Waals surface area contributed by atoms with Crippen LogP contribution in [0.3, 0.4) is 0 Å². The minimum absolute atomic E-state index is 0. The van der Waals surface area contributed by atoms with Crippen LogP contribution in [0.25, 0.3) is 0 Å². The van der Waals surface area contributed by atoms with Crippen LogP contribution in [0.2, 0.25) is 0 Å². The molecular formula is C19H30IN3OS. The zero-order valence-electron chi connectivity index (χ0n) is 15.2. The lowest BCUT2D eigenvalue weighted by atomic mass is 9.54. The number of hydrogen-bond acceptors (Lipinski definition) is 3. The number of likely N-dealkylation sites (N-methyl/N-ethyl adjacent to an activating group) is 1. The first-order valence-electron chi connectivity index (χ1n) is 9.33. The number of rotatable bonds is 4. The first-order valence-corrected chi connectivity index (χ1v) is 10.2. The Kier molecular flexibility index (Phi) is 6.31. The molecule has 1 N–H and O–H groups in total. The molecule has 4 nitrogen and oxygen atoms in total. The van der Waals surface area contributed by atoms with Crippen LogP contribution in [-0.4, -0.2) is 50.3 Å². The van der Waals surface area contributed by atoms with Gasteiger partial charge in [0.25, 0.3) is 0 Å². The molecule has 1 aliphatic heterocycles. The standard InChI is InChI=1S/C19H29N3OS.HI/c1-20-18(22(2)11-7-14-6-5-13-24-14)21-16-15-8-12-23-17(15)19(16)9-3-4-10-19;/h5-6,13,15-17H,3-4,7-12H2,1-2H3,(H,20,21);1H. The first-order chi connectivity index (χ1) is 11.7. The molecule has 3 atom stereocenters. The largest absolute Gasteiger partial charge is 0.377 e. The average Bonchev–Trinajstić information content (AvgIpc) is 3.32. The van der Waals surface area contributed by atoms with E-state index < -0.39 is 0 Å². The number of thiophene rings is 1. The molecule has 2 heterocycles. The van der Waals surface area contributed by atoms with Crippen molar-refractivity contribution in [1.29, 1.82) is 0 Å². The van der Waals surface area contributed by atoms with Crippen molar-refractivity contribution in [2.75, 3.05) is 27.2 Å². The molecule has 1 spiro atoms. The summed E-state index contributed by atoms with van der Waals surface area (Å²) in [6.45, 7) is 1.95. The second-order valence-corrected chi connectivity index (χ2v) is 8.64. The normalized spacial score (nSPS) is 29.8. The topological polar surface area (TPSA) is 36.9 Å². The lowest BCUT2D eigenvalue weighted by Gasteiger charge is -2.57. The quantitative estimate of drug-likeness (QED) is 0.410. The summed E-state index contributed by atoms with van der Waals surface area (Å²) >= 11 is 1.84. The molecule has 1 saturated heterocycles. The van der Waals surface area contributed by atoms with E-state index in [1.165, 1.54) is 37.0 Å². The molecule has 0 bridgehead atoms. The van der Waals surface area contributed by atoms with Crippen molar-refractivity contribution in [3.05, 3.63) is 22.4 Å². The Morgan fingerprint density at radius 1 is 1.44 bits per heavy atom. The van der Waals surface area contributed by atoms with Crippen LogP contribution in [0, 0.1) is 11.3 Å². The van der Waals surface area contributed by atoms with Crippen LogP contribution in [0.15, 0.2) is 22.5 Å². The Bertz CT molecular complexity index is 585. The maximum absolute atomic E-state index is 6.10. The summed E-state index contributed by atoms with van der Waals surface area (Å²) < 4.78 is 6.10. The van der Waals surface area contributed by atoms with Gasteiger partial charge in [0.15, 0.2) is 5.96 Å². The number of ether oxygens (including phenoxy) is 1. The zero-order valence-corrected chi connectivity index (χ0v) is 18.4. The van der Waals surface area contributed by atoms with Crippen LogP contribution in [0.5, 0.6) is 0 Å². The number of nitrogens with one attached hydrogen (secondary N) is 1. The summed E-state index contributed by atoms with van der Waals surface area (Å²) in [7, 11) is 4.07. The van der Waals surface area contributed by atoms with Crippen LogP contribution < -0.4 is 5.32 Å². The molecule has 4 rings (SSSR count). The van der Waals surface area contributed by atoms with Crippen molar-refractivity contribution in [2.45, 2.75) is 50.7 Å². The number of halogens is 1. The number of hydrogen-bond donors (Lipinski definition) is 1. The average molecular weight is 475 g/mol. The summed E-state index contributed by atoms with van der Waals surface area (Å²) in [6.07, 6.45) is 8.16. The van der Waals surface area contributed by atoms with E-state index >= 15 is 0 Å². The second-order valence-electron chi connectivity index (χ2n) is 7.60. The van der Waals surface area contributed by atoms with E-state index in [0.717, 1.165) is 25.5 Å². The lowest BCUT2D eigenvalue weighted by Crippen LogP contribution is -2.69. The van der Waals surface area contributed by atoms with Gasteiger partial charge in [0.1, 0.15) is 0 Å². The minimum atomic E-state index is 0. The highest BCUT2D eigenvalue weighted by Crippen LogP contribution is 2.60. The highest BCUT2D eigenvalue weighted by Gasteiger charge is 2.65. The molecule has 1 aromatic heterocycles. The molecular weight excluding hydrogens is 445 g/mol. The van der Waals surface area contributed by atoms with Gasteiger partial charge in [-0.25, -0.2) is 0 Å². The van der Waals surface area contributed by atoms with Crippen LogP contribution in [-0.2, 0) is 11.2 Å². The molecule has 3 aliphatic rings.